The van der Waals surface area contributed by atoms with E-state index in [-0.39, 0.29) is 5.92 Å². The van der Waals surface area contributed by atoms with Crippen LogP contribution in [0.1, 0.15) is 6.92 Å². The van der Waals surface area contributed by atoms with Gasteiger partial charge < -0.3 is 4.90 Å². The highest BCUT2D eigenvalue weighted by atomic mass is 35.5. The molecule has 96 valence electrons. The van der Waals surface area contributed by atoms with Gasteiger partial charge in [-0.15, -0.1) is 0 Å². The summed E-state index contributed by atoms with van der Waals surface area (Å²) in [5.74, 6) is 0.108. The normalized spacial score (nSPS) is 18.4. The van der Waals surface area contributed by atoms with Gasteiger partial charge in [-0.1, -0.05) is 23.7 Å². The van der Waals surface area contributed by atoms with Gasteiger partial charge in [0.2, 0.25) is 0 Å². The fourth-order valence-corrected chi connectivity index (χ4v) is 2.56. The SMILES string of the molecule is CC(C#N)CN1CCN(c2ccccc2Cl)CC1. The summed E-state index contributed by atoms with van der Waals surface area (Å²) in [7, 11) is 0. The summed E-state index contributed by atoms with van der Waals surface area (Å²) in [6, 6.07) is 10.3. The first kappa shape index (κ1) is 13.2. The van der Waals surface area contributed by atoms with E-state index >= 15 is 0 Å². The number of anilines is 1. The lowest BCUT2D eigenvalue weighted by Crippen LogP contribution is -2.47. The van der Waals surface area contributed by atoms with Crippen molar-refractivity contribution in [3.05, 3.63) is 29.3 Å². The number of hydrogen-bond donors (Lipinski definition) is 0. The number of benzene rings is 1. The van der Waals surface area contributed by atoms with Crippen molar-refractivity contribution in [1.82, 2.24) is 4.90 Å². The molecule has 4 heteroatoms. The summed E-state index contributed by atoms with van der Waals surface area (Å²) in [6.45, 7) is 6.78. The first-order chi connectivity index (χ1) is 8.70. The van der Waals surface area contributed by atoms with E-state index in [1.165, 1.54) is 0 Å². The summed E-state index contributed by atoms with van der Waals surface area (Å²) >= 11 is 6.20. The Bertz CT molecular complexity index is 433. The van der Waals surface area contributed by atoms with Gasteiger partial charge in [-0.3, -0.25) is 4.90 Å². The molecule has 0 radical (unpaired) electrons. The van der Waals surface area contributed by atoms with Crippen LogP contribution < -0.4 is 4.90 Å². The number of piperazine rings is 1. The zero-order valence-electron chi connectivity index (χ0n) is 10.6. The molecule has 1 atom stereocenters. The Morgan fingerprint density at radius 1 is 1.28 bits per heavy atom. The Kier molecular flexibility index (Phi) is 4.46. The molecule has 3 nitrogen and oxygen atoms in total. The molecule has 1 fully saturated rings. The van der Waals surface area contributed by atoms with Gasteiger partial charge in [-0.25, -0.2) is 0 Å². The Balaban J connectivity index is 1.91. The maximum absolute atomic E-state index is 8.83. The molecule has 1 aliphatic heterocycles. The van der Waals surface area contributed by atoms with Crippen LogP contribution in [0.25, 0.3) is 0 Å². The molecular weight excluding hydrogens is 246 g/mol. The van der Waals surface area contributed by atoms with Crippen molar-refractivity contribution in [1.29, 1.82) is 5.26 Å². The smallest absolute Gasteiger partial charge is 0.0666 e. The number of nitrogens with zero attached hydrogens (tertiary/aromatic N) is 3. The van der Waals surface area contributed by atoms with E-state index < -0.39 is 0 Å². The molecule has 1 unspecified atom stereocenters. The molecule has 1 heterocycles. The Labute approximate surface area is 114 Å². The van der Waals surface area contributed by atoms with Crippen LogP contribution in [0.3, 0.4) is 0 Å². The number of para-hydroxylation sites is 1. The van der Waals surface area contributed by atoms with Gasteiger partial charge in [0, 0.05) is 32.7 Å². The van der Waals surface area contributed by atoms with Gasteiger partial charge in [0.15, 0.2) is 0 Å². The molecule has 0 N–H and O–H groups in total. The van der Waals surface area contributed by atoms with Crippen LogP contribution in [-0.2, 0) is 0 Å². The van der Waals surface area contributed by atoms with E-state index in [2.05, 4.69) is 21.9 Å². The molecule has 0 saturated carbocycles. The fourth-order valence-electron chi connectivity index (χ4n) is 2.31. The number of halogens is 1. The number of nitriles is 1. The van der Waals surface area contributed by atoms with E-state index in [0.717, 1.165) is 43.4 Å². The van der Waals surface area contributed by atoms with Crippen molar-refractivity contribution in [2.24, 2.45) is 5.92 Å². The molecule has 0 spiro atoms. The highest BCUT2D eigenvalue weighted by molar-refractivity contribution is 6.33. The third-order valence-electron chi connectivity index (χ3n) is 3.32. The standard InChI is InChI=1S/C14H18ClN3/c1-12(10-16)11-17-6-8-18(9-7-17)14-5-3-2-4-13(14)15/h2-5,12H,6-9,11H2,1H3. The first-order valence-electron chi connectivity index (χ1n) is 6.32. The van der Waals surface area contributed by atoms with Gasteiger partial charge >= 0.3 is 0 Å². The van der Waals surface area contributed by atoms with E-state index in [1.54, 1.807) is 0 Å². The largest absolute Gasteiger partial charge is 0.368 e. The second-order valence-electron chi connectivity index (χ2n) is 4.77. The summed E-state index contributed by atoms with van der Waals surface area (Å²) < 4.78 is 0. The second kappa shape index (κ2) is 6.08. The average molecular weight is 264 g/mol. The van der Waals surface area contributed by atoms with Crippen LogP contribution in [-0.4, -0.2) is 37.6 Å². The summed E-state index contributed by atoms with van der Waals surface area (Å²) in [5, 5.41) is 9.64. The quantitative estimate of drug-likeness (QED) is 0.840. The lowest BCUT2D eigenvalue weighted by molar-refractivity contribution is 0.241. The lowest BCUT2D eigenvalue weighted by Gasteiger charge is -2.36. The van der Waals surface area contributed by atoms with Crippen molar-refractivity contribution >= 4 is 17.3 Å². The zero-order valence-corrected chi connectivity index (χ0v) is 11.4. The maximum Gasteiger partial charge on any atom is 0.0666 e. The molecule has 1 saturated heterocycles. The molecule has 0 aromatic heterocycles. The van der Waals surface area contributed by atoms with E-state index in [0.29, 0.717) is 0 Å². The molecule has 0 aliphatic carbocycles. The maximum atomic E-state index is 8.83. The number of hydrogen-bond acceptors (Lipinski definition) is 3. The Hall–Kier alpha value is -1.24. The predicted molar refractivity (Wildman–Crippen MR) is 74.9 cm³/mol. The van der Waals surface area contributed by atoms with Gasteiger partial charge in [0.25, 0.3) is 0 Å². The van der Waals surface area contributed by atoms with Crippen molar-refractivity contribution in [3.63, 3.8) is 0 Å². The van der Waals surface area contributed by atoms with Crippen molar-refractivity contribution in [2.45, 2.75) is 6.92 Å². The van der Waals surface area contributed by atoms with Crippen LogP contribution in [0.15, 0.2) is 24.3 Å². The Morgan fingerprint density at radius 3 is 2.56 bits per heavy atom. The topological polar surface area (TPSA) is 30.3 Å². The van der Waals surface area contributed by atoms with Crippen molar-refractivity contribution < 1.29 is 0 Å². The van der Waals surface area contributed by atoms with Crippen LogP contribution >= 0.6 is 11.6 Å². The van der Waals surface area contributed by atoms with E-state index in [9.17, 15) is 0 Å². The highest BCUT2D eigenvalue weighted by Crippen LogP contribution is 2.26. The molecule has 0 bridgehead atoms. The monoisotopic (exact) mass is 263 g/mol. The van der Waals surface area contributed by atoms with Crippen LogP contribution in [0.2, 0.25) is 5.02 Å². The van der Waals surface area contributed by atoms with Crippen LogP contribution in [0.4, 0.5) is 5.69 Å². The molecule has 1 aromatic carbocycles. The minimum absolute atomic E-state index is 0.108. The minimum atomic E-state index is 0.108. The summed E-state index contributed by atoms with van der Waals surface area (Å²) in [4.78, 5) is 4.66. The lowest BCUT2D eigenvalue weighted by atomic mass is 10.1. The first-order valence-corrected chi connectivity index (χ1v) is 6.70. The van der Waals surface area contributed by atoms with E-state index in [4.69, 9.17) is 16.9 Å². The van der Waals surface area contributed by atoms with Gasteiger partial charge in [0.1, 0.15) is 0 Å². The zero-order chi connectivity index (χ0) is 13.0. The third kappa shape index (κ3) is 3.16. The third-order valence-corrected chi connectivity index (χ3v) is 3.64. The highest BCUT2D eigenvalue weighted by Gasteiger charge is 2.19. The molecule has 1 aromatic rings. The molecular formula is C14H18ClN3. The van der Waals surface area contributed by atoms with Crippen molar-refractivity contribution in [3.8, 4) is 6.07 Å². The van der Waals surface area contributed by atoms with Crippen LogP contribution in [0, 0.1) is 17.2 Å². The van der Waals surface area contributed by atoms with Gasteiger partial charge in [-0.2, -0.15) is 5.26 Å². The van der Waals surface area contributed by atoms with E-state index in [1.807, 2.05) is 25.1 Å². The molecule has 18 heavy (non-hydrogen) atoms. The van der Waals surface area contributed by atoms with Crippen LogP contribution in [0.5, 0.6) is 0 Å². The van der Waals surface area contributed by atoms with Crippen molar-refractivity contribution in [2.75, 3.05) is 37.6 Å². The summed E-state index contributed by atoms with van der Waals surface area (Å²) in [5.41, 5.74) is 1.12. The summed E-state index contributed by atoms with van der Waals surface area (Å²) in [6.07, 6.45) is 0. The fraction of sp³-hybridized carbons (Fsp3) is 0.500. The molecule has 2 rings (SSSR count). The second-order valence-corrected chi connectivity index (χ2v) is 5.18. The predicted octanol–water partition coefficient (Wildman–Crippen LogP) is 2.62. The minimum Gasteiger partial charge on any atom is -0.368 e. The van der Waals surface area contributed by atoms with Gasteiger partial charge in [0.05, 0.1) is 22.7 Å². The average Bonchev–Trinajstić information content (AvgIpc) is 2.40. The van der Waals surface area contributed by atoms with Gasteiger partial charge in [-0.05, 0) is 19.1 Å². The number of rotatable bonds is 3. The molecule has 0 amide bonds. The molecule has 1 aliphatic rings. The Morgan fingerprint density at radius 2 is 1.94 bits per heavy atom.